The molecule has 9 heavy (non-hydrogen) atoms. The first-order chi connectivity index (χ1) is 4.29. The van der Waals surface area contributed by atoms with Gasteiger partial charge in [0, 0.05) is 6.42 Å². The maximum atomic E-state index is 8.80. The highest BCUT2D eigenvalue weighted by Gasteiger charge is 2.01. The van der Waals surface area contributed by atoms with E-state index in [0.29, 0.717) is 12.2 Å². The summed E-state index contributed by atoms with van der Waals surface area (Å²) in [6.07, 6.45) is 0.0545. The van der Waals surface area contributed by atoms with Gasteiger partial charge in [0.05, 0.1) is 6.10 Å². The van der Waals surface area contributed by atoms with E-state index in [2.05, 4.69) is 20.6 Å². The number of hydrogen-bond donors (Lipinski definition) is 2. The quantitative estimate of drug-likeness (QED) is 0.542. The lowest BCUT2D eigenvalue weighted by molar-refractivity contribution is 0.193. The second kappa shape index (κ2) is 2.54. The summed E-state index contributed by atoms with van der Waals surface area (Å²) in [4.78, 5) is 0. The summed E-state index contributed by atoms with van der Waals surface area (Å²) in [6, 6.07) is 0. The Bertz CT molecular complexity index is 159. The van der Waals surface area contributed by atoms with Gasteiger partial charge >= 0.3 is 0 Å². The Morgan fingerprint density at radius 2 is 2.56 bits per heavy atom. The van der Waals surface area contributed by atoms with Gasteiger partial charge in [-0.25, -0.2) is 0 Å². The van der Waals surface area contributed by atoms with Gasteiger partial charge in [-0.1, -0.05) is 5.21 Å². The van der Waals surface area contributed by atoms with Crippen molar-refractivity contribution in [3.05, 3.63) is 5.82 Å². The summed E-state index contributed by atoms with van der Waals surface area (Å²) in [6.45, 7) is 1.68. The summed E-state index contributed by atoms with van der Waals surface area (Å²) >= 11 is 0. The van der Waals surface area contributed by atoms with E-state index in [1.807, 2.05) is 0 Å². The van der Waals surface area contributed by atoms with Gasteiger partial charge in [0.25, 0.3) is 0 Å². The molecule has 0 aliphatic carbocycles. The zero-order valence-corrected chi connectivity index (χ0v) is 5.07. The average Bonchev–Trinajstić information content (AvgIpc) is 2.15. The van der Waals surface area contributed by atoms with E-state index in [0.717, 1.165) is 0 Å². The fraction of sp³-hybridized carbons (Fsp3) is 0.750. The van der Waals surface area contributed by atoms with Crippen LogP contribution < -0.4 is 0 Å². The standard InChI is InChI=1S/C4H8N4O/c1-3(9)2-4-5-7-8-6-4/h3,9H,2H2,1H3,(H,5,6,7,8)/t3-/m1/s1. The zero-order valence-electron chi connectivity index (χ0n) is 5.07. The molecular weight excluding hydrogens is 120 g/mol. The molecule has 0 spiro atoms. The lowest BCUT2D eigenvalue weighted by Crippen LogP contribution is -2.05. The van der Waals surface area contributed by atoms with Crippen LogP contribution in [-0.4, -0.2) is 31.8 Å². The molecule has 0 aliphatic rings. The Kier molecular flexibility index (Phi) is 1.74. The molecule has 5 nitrogen and oxygen atoms in total. The SMILES string of the molecule is C[C@@H](O)Cc1nn[nH]n1. The highest BCUT2D eigenvalue weighted by molar-refractivity contribution is 4.77. The molecule has 1 aromatic heterocycles. The molecule has 1 aromatic rings. The predicted molar refractivity (Wildman–Crippen MR) is 29.6 cm³/mol. The molecule has 0 unspecified atom stereocenters. The number of nitrogens with one attached hydrogen (secondary N) is 1. The van der Waals surface area contributed by atoms with Crippen LogP contribution in [0.2, 0.25) is 0 Å². The topological polar surface area (TPSA) is 74.7 Å². The number of aromatic nitrogens is 4. The van der Waals surface area contributed by atoms with E-state index in [9.17, 15) is 0 Å². The highest BCUT2D eigenvalue weighted by atomic mass is 16.3. The van der Waals surface area contributed by atoms with Gasteiger partial charge in [-0.2, -0.15) is 5.21 Å². The fourth-order valence-corrected chi connectivity index (χ4v) is 0.533. The first-order valence-corrected chi connectivity index (χ1v) is 2.69. The number of aromatic amines is 1. The Balaban J connectivity index is 2.48. The van der Waals surface area contributed by atoms with Gasteiger partial charge in [0.1, 0.15) is 0 Å². The van der Waals surface area contributed by atoms with Crippen LogP contribution in [-0.2, 0) is 6.42 Å². The van der Waals surface area contributed by atoms with Crippen LogP contribution in [0.25, 0.3) is 0 Å². The Labute approximate surface area is 52.1 Å². The average molecular weight is 128 g/mol. The van der Waals surface area contributed by atoms with Crippen molar-refractivity contribution in [1.29, 1.82) is 0 Å². The van der Waals surface area contributed by atoms with Gasteiger partial charge in [0.2, 0.25) is 0 Å². The van der Waals surface area contributed by atoms with Gasteiger partial charge < -0.3 is 5.11 Å². The van der Waals surface area contributed by atoms with E-state index < -0.39 is 6.10 Å². The largest absolute Gasteiger partial charge is 0.393 e. The summed E-state index contributed by atoms with van der Waals surface area (Å²) in [5.74, 6) is 0.546. The third-order valence-corrected chi connectivity index (χ3v) is 0.867. The first kappa shape index (κ1) is 6.15. The maximum Gasteiger partial charge on any atom is 0.177 e. The van der Waals surface area contributed by atoms with Crippen molar-refractivity contribution in [2.45, 2.75) is 19.4 Å². The maximum absolute atomic E-state index is 8.80. The fourth-order valence-electron chi connectivity index (χ4n) is 0.533. The minimum atomic E-state index is -0.400. The normalized spacial score (nSPS) is 13.6. The van der Waals surface area contributed by atoms with Crippen LogP contribution >= 0.6 is 0 Å². The summed E-state index contributed by atoms with van der Waals surface area (Å²) in [5.41, 5.74) is 0. The summed E-state index contributed by atoms with van der Waals surface area (Å²) in [7, 11) is 0. The van der Waals surface area contributed by atoms with Crippen molar-refractivity contribution in [3.8, 4) is 0 Å². The van der Waals surface area contributed by atoms with E-state index in [4.69, 9.17) is 5.11 Å². The van der Waals surface area contributed by atoms with Crippen molar-refractivity contribution in [2.75, 3.05) is 0 Å². The number of tetrazole rings is 1. The first-order valence-electron chi connectivity index (χ1n) is 2.69. The van der Waals surface area contributed by atoms with Crippen LogP contribution in [0.4, 0.5) is 0 Å². The molecule has 5 heteroatoms. The molecule has 2 N–H and O–H groups in total. The monoisotopic (exact) mass is 128 g/mol. The van der Waals surface area contributed by atoms with Crippen LogP contribution in [0.1, 0.15) is 12.7 Å². The number of H-pyrrole nitrogens is 1. The summed E-state index contributed by atoms with van der Waals surface area (Å²) < 4.78 is 0. The van der Waals surface area contributed by atoms with Gasteiger partial charge in [-0.3, -0.25) is 0 Å². The van der Waals surface area contributed by atoms with Crippen LogP contribution in [0.3, 0.4) is 0 Å². The van der Waals surface area contributed by atoms with Gasteiger partial charge in [0.15, 0.2) is 5.82 Å². The number of aliphatic hydroxyl groups excluding tert-OH is 1. The van der Waals surface area contributed by atoms with E-state index in [-0.39, 0.29) is 0 Å². The van der Waals surface area contributed by atoms with Crippen LogP contribution in [0, 0.1) is 0 Å². The molecule has 1 rings (SSSR count). The molecule has 0 bridgehead atoms. The lowest BCUT2D eigenvalue weighted by Gasteiger charge is -1.94. The molecule has 0 fully saturated rings. The second-order valence-corrected chi connectivity index (χ2v) is 1.88. The Morgan fingerprint density at radius 3 is 3.00 bits per heavy atom. The predicted octanol–water partition coefficient (Wildman–Crippen LogP) is -0.877. The third kappa shape index (κ3) is 1.77. The molecule has 0 saturated carbocycles. The molecular formula is C4H8N4O. The highest BCUT2D eigenvalue weighted by Crippen LogP contribution is 1.90. The van der Waals surface area contributed by atoms with E-state index in [1.165, 1.54) is 0 Å². The van der Waals surface area contributed by atoms with Crippen molar-refractivity contribution >= 4 is 0 Å². The van der Waals surface area contributed by atoms with Crippen LogP contribution in [0.15, 0.2) is 0 Å². The molecule has 0 radical (unpaired) electrons. The number of hydrogen-bond acceptors (Lipinski definition) is 4. The number of rotatable bonds is 2. The minimum Gasteiger partial charge on any atom is -0.393 e. The van der Waals surface area contributed by atoms with Crippen LogP contribution in [0.5, 0.6) is 0 Å². The Morgan fingerprint density at radius 1 is 1.78 bits per heavy atom. The third-order valence-electron chi connectivity index (χ3n) is 0.867. The lowest BCUT2D eigenvalue weighted by atomic mass is 10.3. The minimum absolute atomic E-state index is 0.400. The number of nitrogens with zero attached hydrogens (tertiary/aromatic N) is 3. The molecule has 0 amide bonds. The van der Waals surface area contributed by atoms with Gasteiger partial charge in [-0.15, -0.1) is 10.2 Å². The Hall–Kier alpha value is -0.970. The summed E-state index contributed by atoms with van der Waals surface area (Å²) in [5, 5.41) is 21.7. The van der Waals surface area contributed by atoms with Crippen molar-refractivity contribution in [3.63, 3.8) is 0 Å². The molecule has 0 aliphatic heterocycles. The zero-order chi connectivity index (χ0) is 6.69. The molecule has 0 aromatic carbocycles. The molecule has 1 atom stereocenters. The second-order valence-electron chi connectivity index (χ2n) is 1.88. The number of aliphatic hydroxyl groups is 1. The van der Waals surface area contributed by atoms with E-state index >= 15 is 0 Å². The molecule has 0 saturated heterocycles. The van der Waals surface area contributed by atoms with E-state index in [1.54, 1.807) is 6.92 Å². The van der Waals surface area contributed by atoms with Crippen molar-refractivity contribution in [1.82, 2.24) is 20.6 Å². The van der Waals surface area contributed by atoms with Crippen molar-refractivity contribution < 1.29 is 5.11 Å². The van der Waals surface area contributed by atoms with Gasteiger partial charge in [-0.05, 0) is 6.92 Å². The molecule has 50 valence electrons. The smallest absolute Gasteiger partial charge is 0.177 e. The molecule has 1 heterocycles. The van der Waals surface area contributed by atoms with Crippen molar-refractivity contribution in [2.24, 2.45) is 0 Å².